The average molecular weight is 357 g/mol. The van der Waals surface area contributed by atoms with Gasteiger partial charge in [0, 0.05) is 49.4 Å². The fourth-order valence-electron chi connectivity index (χ4n) is 2.91. The van der Waals surface area contributed by atoms with Gasteiger partial charge in [0.2, 0.25) is 0 Å². The molecule has 130 valence electrons. The summed E-state index contributed by atoms with van der Waals surface area (Å²) < 4.78 is 26.7. The molecule has 0 radical (unpaired) electrons. The molecule has 0 saturated heterocycles. The number of anilines is 1. The number of allylic oxidation sites excluding steroid dienone is 1. The van der Waals surface area contributed by atoms with Gasteiger partial charge >= 0.3 is 0 Å². The minimum atomic E-state index is -0.984. The van der Waals surface area contributed by atoms with Gasteiger partial charge in [0.15, 0.2) is 0 Å². The smallest absolute Gasteiger partial charge is 0.128 e. The molecule has 4 nitrogen and oxygen atoms in total. The highest BCUT2D eigenvalue weighted by Crippen LogP contribution is 2.30. The quantitative estimate of drug-likeness (QED) is 0.856. The van der Waals surface area contributed by atoms with Crippen LogP contribution in [0.2, 0.25) is 0 Å². The molecule has 2 aromatic rings. The first kappa shape index (κ1) is 17.4. The van der Waals surface area contributed by atoms with Gasteiger partial charge in [-0.2, -0.15) is 0 Å². The third-order valence-corrected chi connectivity index (χ3v) is 5.58. The van der Waals surface area contributed by atoms with Crippen LogP contribution in [-0.4, -0.2) is 29.8 Å². The lowest BCUT2D eigenvalue weighted by atomic mass is 10.0. The lowest BCUT2D eigenvalue weighted by Gasteiger charge is -2.30. The van der Waals surface area contributed by atoms with Crippen molar-refractivity contribution in [2.75, 3.05) is 24.2 Å². The van der Waals surface area contributed by atoms with Gasteiger partial charge in [0.25, 0.3) is 0 Å². The SMILES string of the molecule is CN=C/C(=C\N)c1ccc(CN2CCS(=O)c3ccccc32)c(F)c1. The van der Waals surface area contributed by atoms with E-state index in [0.29, 0.717) is 35.5 Å². The molecule has 2 N–H and O–H groups in total. The number of para-hydroxylation sites is 1. The predicted octanol–water partition coefficient (Wildman–Crippen LogP) is 2.95. The van der Waals surface area contributed by atoms with Crippen molar-refractivity contribution in [3.05, 3.63) is 65.6 Å². The molecule has 1 atom stereocenters. The van der Waals surface area contributed by atoms with Gasteiger partial charge < -0.3 is 10.6 Å². The van der Waals surface area contributed by atoms with Gasteiger partial charge in [-0.25, -0.2) is 4.39 Å². The van der Waals surface area contributed by atoms with Crippen LogP contribution in [0.4, 0.5) is 10.1 Å². The minimum Gasteiger partial charge on any atom is -0.404 e. The van der Waals surface area contributed by atoms with Crippen LogP contribution in [-0.2, 0) is 17.3 Å². The van der Waals surface area contributed by atoms with Gasteiger partial charge in [-0.1, -0.05) is 24.3 Å². The summed E-state index contributed by atoms with van der Waals surface area (Å²) in [7, 11) is 0.661. The van der Waals surface area contributed by atoms with Crippen LogP contribution in [0.3, 0.4) is 0 Å². The number of hydrogen-bond donors (Lipinski definition) is 1. The maximum atomic E-state index is 14.6. The Morgan fingerprint density at radius 2 is 2.16 bits per heavy atom. The molecule has 6 heteroatoms. The molecule has 0 spiro atoms. The number of aliphatic imine (C=N–C) groups is 1. The van der Waals surface area contributed by atoms with Crippen LogP contribution in [0.15, 0.2) is 58.6 Å². The van der Waals surface area contributed by atoms with Crippen LogP contribution in [0.1, 0.15) is 11.1 Å². The molecular formula is C19H20FN3OS. The molecule has 0 aromatic heterocycles. The number of benzene rings is 2. The van der Waals surface area contributed by atoms with Crippen molar-refractivity contribution in [3.8, 4) is 0 Å². The largest absolute Gasteiger partial charge is 0.404 e. The van der Waals surface area contributed by atoms with Crippen molar-refractivity contribution >= 4 is 28.3 Å². The molecule has 1 aliphatic rings. The van der Waals surface area contributed by atoms with Crippen LogP contribution in [0, 0.1) is 5.82 Å². The third kappa shape index (κ3) is 3.64. The summed E-state index contributed by atoms with van der Waals surface area (Å²) in [5.41, 5.74) is 8.45. The van der Waals surface area contributed by atoms with Crippen molar-refractivity contribution in [1.29, 1.82) is 0 Å². The Morgan fingerprint density at radius 1 is 1.36 bits per heavy atom. The van der Waals surface area contributed by atoms with Crippen molar-refractivity contribution in [2.45, 2.75) is 11.4 Å². The lowest BCUT2D eigenvalue weighted by molar-refractivity contribution is 0.603. The van der Waals surface area contributed by atoms with E-state index in [1.165, 1.54) is 12.3 Å². The van der Waals surface area contributed by atoms with E-state index in [-0.39, 0.29) is 5.82 Å². The molecule has 0 fully saturated rings. The van der Waals surface area contributed by atoms with Crippen LogP contribution in [0.5, 0.6) is 0 Å². The van der Waals surface area contributed by atoms with Gasteiger partial charge in [-0.05, 0) is 23.8 Å². The van der Waals surface area contributed by atoms with Crippen molar-refractivity contribution < 1.29 is 8.60 Å². The normalized spacial score (nSPS) is 17.8. The molecule has 0 bridgehead atoms. The third-order valence-electron chi connectivity index (χ3n) is 4.19. The Bertz CT molecular complexity index is 863. The summed E-state index contributed by atoms with van der Waals surface area (Å²) in [6.07, 6.45) is 3.02. The molecule has 1 unspecified atom stereocenters. The monoisotopic (exact) mass is 357 g/mol. The van der Waals surface area contributed by atoms with Gasteiger partial charge in [-0.15, -0.1) is 0 Å². The van der Waals surface area contributed by atoms with Gasteiger partial charge in [0.05, 0.1) is 21.4 Å². The Kier molecular flexibility index (Phi) is 5.28. The molecule has 1 heterocycles. The maximum Gasteiger partial charge on any atom is 0.128 e. The summed E-state index contributed by atoms with van der Waals surface area (Å²) >= 11 is 0. The van der Waals surface area contributed by atoms with E-state index in [1.807, 2.05) is 30.3 Å². The molecule has 0 amide bonds. The highest BCUT2D eigenvalue weighted by Gasteiger charge is 2.22. The molecule has 1 aliphatic heterocycles. The Morgan fingerprint density at radius 3 is 2.88 bits per heavy atom. The van der Waals surface area contributed by atoms with E-state index >= 15 is 0 Å². The van der Waals surface area contributed by atoms with E-state index in [9.17, 15) is 8.60 Å². The zero-order chi connectivity index (χ0) is 17.8. The molecule has 3 rings (SSSR count). The fourth-order valence-corrected chi connectivity index (χ4v) is 4.18. The standard InChI is InChI=1S/C19H20FN3OS/c1-22-12-16(11-21)14-6-7-15(17(20)10-14)13-23-8-9-25(24)19-5-3-2-4-18(19)23/h2-7,10-12H,8-9,13,21H2,1H3/b16-11+,22-12?. The Labute approximate surface area is 149 Å². The summed E-state index contributed by atoms with van der Waals surface area (Å²) in [6.45, 7) is 1.07. The Hall–Kier alpha value is -2.47. The van der Waals surface area contributed by atoms with Crippen LogP contribution >= 0.6 is 0 Å². The number of rotatable bonds is 4. The zero-order valence-electron chi connectivity index (χ0n) is 14.0. The number of fused-ring (bicyclic) bond motifs is 1. The maximum absolute atomic E-state index is 14.6. The highest BCUT2D eigenvalue weighted by atomic mass is 32.2. The summed E-state index contributed by atoms with van der Waals surface area (Å²) in [5, 5.41) is 0. The summed E-state index contributed by atoms with van der Waals surface area (Å²) in [6, 6.07) is 12.7. The van der Waals surface area contributed by atoms with Gasteiger partial charge in [-0.3, -0.25) is 9.20 Å². The molecular weight excluding hydrogens is 337 g/mol. The number of nitrogens with zero attached hydrogens (tertiary/aromatic N) is 2. The van der Waals surface area contributed by atoms with E-state index in [2.05, 4.69) is 9.89 Å². The number of hydrogen-bond acceptors (Lipinski definition) is 4. The molecule has 2 aromatic carbocycles. The first-order valence-electron chi connectivity index (χ1n) is 7.99. The first-order chi connectivity index (χ1) is 12.1. The second-order valence-electron chi connectivity index (χ2n) is 5.75. The molecule has 0 aliphatic carbocycles. The van der Waals surface area contributed by atoms with Crippen molar-refractivity contribution in [3.63, 3.8) is 0 Å². The Balaban J connectivity index is 1.87. The summed E-state index contributed by atoms with van der Waals surface area (Å²) in [5.74, 6) is 0.273. The number of halogens is 1. The topological polar surface area (TPSA) is 58.7 Å². The lowest BCUT2D eigenvalue weighted by Crippen LogP contribution is -2.32. The van der Waals surface area contributed by atoms with Gasteiger partial charge in [0.1, 0.15) is 5.82 Å². The highest BCUT2D eigenvalue weighted by molar-refractivity contribution is 7.85. The zero-order valence-corrected chi connectivity index (χ0v) is 14.8. The van der Waals surface area contributed by atoms with Crippen LogP contribution in [0.25, 0.3) is 5.57 Å². The number of nitrogens with two attached hydrogens (primary N) is 1. The van der Waals surface area contributed by atoms with Crippen molar-refractivity contribution in [1.82, 2.24) is 0 Å². The van der Waals surface area contributed by atoms with E-state index in [0.717, 1.165) is 10.6 Å². The molecule has 25 heavy (non-hydrogen) atoms. The summed E-state index contributed by atoms with van der Waals surface area (Å²) in [4.78, 5) is 6.82. The van der Waals surface area contributed by atoms with Crippen LogP contribution < -0.4 is 10.6 Å². The van der Waals surface area contributed by atoms with E-state index < -0.39 is 10.8 Å². The molecule has 0 saturated carbocycles. The minimum absolute atomic E-state index is 0.287. The first-order valence-corrected chi connectivity index (χ1v) is 9.31. The predicted molar refractivity (Wildman–Crippen MR) is 102 cm³/mol. The second kappa shape index (κ2) is 7.61. The van der Waals surface area contributed by atoms with E-state index in [4.69, 9.17) is 5.73 Å². The fraction of sp³-hybridized carbons (Fsp3) is 0.211. The average Bonchev–Trinajstić information content (AvgIpc) is 2.63. The van der Waals surface area contributed by atoms with E-state index in [1.54, 1.807) is 19.3 Å². The second-order valence-corrected chi connectivity index (χ2v) is 7.29. The van der Waals surface area contributed by atoms with Crippen molar-refractivity contribution in [2.24, 2.45) is 10.7 Å².